The molecule has 1 aromatic heterocycles. The first-order valence-electron chi connectivity index (χ1n) is 15.2. The predicted molar refractivity (Wildman–Crippen MR) is 155 cm³/mol. The van der Waals surface area contributed by atoms with Gasteiger partial charge in [0.25, 0.3) is 0 Å². The number of methoxy groups -OCH3 is 2. The fraction of sp³-hybridized carbons (Fsp3) is 0.719. The van der Waals surface area contributed by atoms with Gasteiger partial charge in [-0.2, -0.15) is 0 Å². The van der Waals surface area contributed by atoms with Crippen LogP contribution in [0.4, 0.5) is 0 Å². The Kier molecular flexibility index (Phi) is 8.69. The molecule has 0 saturated carbocycles. The number of hydrogen-bond donors (Lipinski definition) is 0. The van der Waals surface area contributed by atoms with Crippen LogP contribution in [0, 0.1) is 17.8 Å². The third kappa shape index (κ3) is 5.77. The van der Waals surface area contributed by atoms with Crippen molar-refractivity contribution in [3.05, 3.63) is 30.2 Å². The summed E-state index contributed by atoms with van der Waals surface area (Å²) in [7, 11) is 3.37. The Morgan fingerprint density at radius 2 is 1.76 bits per heavy atom. The second kappa shape index (κ2) is 12.0. The zero-order chi connectivity index (χ0) is 26.8. The highest BCUT2D eigenvalue weighted by molar-refractivity contribution is 5.63. The van der Waals surface area contributed by atoms with Gasteiger partial charge in [-0.15, -0.1) is 0 Å². The lowest BCUT2D eigenvalue weighted by Gasteiger charge is -2.49. The molecule has 6 heteroatoms. The van der Waals surface area contributed by atoms with E-state index in [1.165, 1.54) is 64.0 Å². The molecule has 0 bridgehead atoms. The molecular formula is C32H50N4O2. The quantitative estimate of drug-likeness (QED) is 0.417. The number of nitrogens with zero attached hydrogens (tertiary/aromatic N) is 4. The number of benzene rings is 1. The van der Waals surface area contributed by atoms with Crippen LogP contribution in [0.3, 0.4) is 0 Å². The Morgan fingerprint density at radius 3 is 2.45 bits per heavy atom. The molecule has 4 atom stereocenters. The summed E-state index contributed by atoms with van der Waals surface area (Å²) in [6, 6.07) is 8.33. The summed E-state index contributed by atoms with van der Waals surface area (Å²) in [6.07, 6.45) is 11.3. The van der Waals surface area contributed by atoms with E-state index in [0.29, 0.717) is 6.04 Å². The highest BCUT2D eigenvalue weighted by Crippen LogP contribution is 2.37. The Labute approximate surface area is 230 Å². The zero-order valence-corrected chi connectivity index (χ0v) is 24.7. The van der Waals surface area contributed by atoms with Gasteiger partial charge in [0.15, 0.2) is 11.5 Å². The van der Waals surface area contributed by atoms with Crippen molar-refractivity contribution in [2.24, 2.45) is 17.8 Å². The van der Waals surface area contributed by atoms with Gasteiger partial charge in [0.1, 0.15) is 5.82 Å². The van der Waals surface area contributed by atoms with E-state index in [1.54, 1.807) is 14.2 Å². The molecule has 2 aromatic rings. The number of hydrogen-bond acceptors (Lipinski definition) is 5. The van der Waals surface area contributed by atoms with E-state index in [4.69, 9.17) is 14.5 Å². The van der Waals surface area contributed by atoms with Gasteiger partial charge in [0, 0.05) is 49.4 Å². The first kappa shape index (κ1) is 27.5. The van der Waals surface area contributed by atoms with Gasteiger partial charge >= 0.3 is 0 Å². The van der Waals surface area contributed by atoms with Gasteiger partial charge in [-0.05, 0) is 94.5 Å². The van der Waals surface area contributed by atoms with E-state index in [1.807, 2.05) is 12.1 Å². The Bertz CT molecular complexity index is 1060. The number of likely N-dealkylation sites (tertiary alicyclic amines) is 2. The molecule has 3 aliphatic heterocycles. The minimum Gasteiger partial charge on any atom is -0.493 e. The summed E-state index contributed by atoms with van der Waals surface area (Å²) in [5, 5.41) is 0. The lowest BCUT2D eigenvalue weighted by Crippen LogP contribution is -2.56. The van der Waals surface area contributed by atoms with Crippen LogP contribution in [0.2, 0.25) is 0 Å². The highest BCUT2D eigenvalue weighted by Gasteiger charge is 2.37. The van der Waals surface area contributed by atoms with Gasteiger partial charge in [0.2, 0.25) is 0 Å². The van der Waals surface area contributed by atoms with Crippen LogP contribution >= 0.6 is 0 Å². The molecule has 38 heavy (non-hydrogen) atoms. The van der Waals surface area contributed by atoms with Crippen LogP contribution in [-0.2, 0) is 13.0 Å². The summed E-state index contributed by atoms with van der Waals surface area (Å²) in [6.45, 7) is 14.5. The molecule has 6 nitrogen and oxygen atoms in total. The summed E-state index contributed by atoms with van der Waals surface area (Å²) in [4.78, 5) is 10.7. The monoisotopic (exact) mass is 522 g/mol. The molecule has 0 spiro atoms. The second-order valence-electron chi connectivity index (χ2n) is 12.6. The number of aromatic nitrogens is 2. The van der Waals surface area contributed by atoms with Gasteiger partial charge < -0.3 is 18.9 Å². The molecule has 5 rings (SSSR count). The Morgan fingerprint density at radius 1 is 1.00 bits per heavy atom. The zero-order valence-electron chi connectivity index (χ0n) is 24.7. The van der Waals surface area contributed by atoms with E-state index >= 15 is 0 Å². The SMILES string of the molecule is CCC1CC(N2CCC(C3CCc4nc(-c5ccc(OC)c(OC)c5)cn4C3)CC2)CC(C)N1CC(C)C. The first-order valence-corrected chi connectivity index (χ1v) is 15.2. The van der Waals surface area contributed by atoms with Crippen molar-refractivity contribution < 1.29 is 9.47 Å². The van der Waals surface area contributed by atoms with Crippen molar-refractivity contribution in [2.45, 2.75) is 97.3 Å². The van der Waals surface area contributed by atoms with Gasteiger partial charge in [-0.25, -0.2) is 4.98 Å². The third-order valence-electron chi connectivity index (χ3n) is 9.71. The molecule has 4 unspecified atom stereocenters. The van der Waals surface area contributed by atoms with Gasteiger partial charge in [-0.3, -0.25) is 4.90 Å². The number of piperidine rings is 2. The van der Waals surface area contributed by atoms with E-state index in [9.17, 15) is 0 Å². The molecular weight excluding hydrogens is 472 g/mol. The molecule has 3 aliphatic rings. The van der Waals surface area contributed by atoms with Gasteiger partial charge in [-0.1, -0.05) is 20.8 Å². The number of rotatable bonds is 8. The van der Waals surface area contributed by atoms with Crippen LogP contribution < -0.4 is 9.47 Å². The van der Waals surface area contributed by atoms with E-state index in [0.717, 1.165) is 65.6 Å². The topological polar surface area (TPSA) is 42.8 Å². The maximum absolute atomic E-state index is 5.52. The Hall–Kier alpha value is -2.05. The average molecular weight is 523 g/mol. The number of aryl methyl sites for hydroxylation is 1. The van der Waals surface area contributed by atoms with Crippen LogP contribution in [0.25, 0.3) is 11.3 Å². The lowest BCUT2D eigenvalue weighted by molar-refractivity contribution is 0.00240. The molecule has 2 fully saturated rings. The fourth-order valence-corrected chi connectivity index (χ4v) is 7.63. The van der Waals surface area contributed by atoms with E-state index in [-0.39, 0.29) is 0 Å². The van der Waals surface area contributed by atoms with Gasteiger partial charge in [0.05, 0.1) is 19.9 Å². The maximum atomic E-state index is 5.52. The van der Waals surface area contributed by atoms with Crippen molar-refractivity contribution in [2.75, 3.05) is 33.9 Å². The smallest absolute Gasteiger partial charge is 0.161 e. The first-order chi connectivity index (χ1) is 18.4. The molecule has 210 valence electrons. The lowest BCUT2D eigenvalue weighted by atomic mass is 9.79. The van der Waals surface area contributed by atoms with Crippen molar-refractivity contribution >= 4 is 0 Å². The fourth-order valence-electron chi connectivity index (χ4n) is 7.63. The average Bonchev–Trinajstić information content (AvgIpc) is 3.37. The number of fused-ring (bicyclic) bond motifs is 1. The highest BCUT2D eigenvalue weighted by atomic mass is 16.5. The summed E-state index contributed by atoms with van der Waals surface area (Å²) < 4.78 is 13.4. The molecule has 0 amide bonds. The molecule has 2 saturated heterocycles. The van der Waals surface area contributed by atoms with Crippen molar-refractivity contribution in [3.8, 4) is 22.8 Å². The minimum atomic E-state index is 0.705. The largest absolute Gasteiger partial charge is 0.493 e. The summed E-state index contributed by atoms with van der Waals surface area (Å²) in [5.74, 6) is 5.11. The van der Waals surface area contributed by atoms with Crippen molar-refractivity contribution in [1.82, 2.24) is 19.4 Å². The van der Waals surface area contributed by atoms with Crippen molar-refractivity contribution in [3.63, 3.8) is 0 Å². The molecule has 0 radical (unpaired) electrons. The number of imidazole rings is 1. The molecule has 0 aliphatic carbocycles. The van der Waals surface area contributed by atoms with Crippen LogP contribution in [-0.4, -0.2) is 71.3 Å². The van der Waals surface area contributed by atoms with E-state index in [2.05, 4.69) is 54.3 Å². The van der Waals surface area contributed by atoms with Crippen LogP contribution in [0.1, 0.15) is 72.0 Å². The molecule has 4 heterocycles. The normalized spacial score (nSPS) is 27.4. The van der Waals surface area contributed by atoms with Crippen LogP contribution in [0.15, 0.2) is 24.4 Å². The third-order valence-corrected chi connectivity index (χ3v) is 9.71. The maximum Gasteiger partial charge on any atom is 0.161 e. The summed E-state index contributed by atoms with van der Waals surface area (Å²) in [5.41, 5.74) is 2.13. The minimum absolute atomic E-state index is 0.705. The standard InChI is InChI=1S/C32H50N4O2/c1-7-27-18-28(16-23(4)36(27)19-22(2)3)34-14-12-24(13-15-34)26-9-11-32-33-29(21-35(32)20-26)25-8-10-30(37-5)31(17-25)38-6/h8,10,17,21-24,26-28H,7,9,11-16,18-20H2,1-6H3. The molecule has 1 aromatic carbocycles. The predicted octanol–water partition coefficient (Wildman–Crippen LogP) is 6.13. The van der Waals surface area contributed by atoms with Crippen LogP contribution in [0.5, 0.6) is 11.5 Å². The Balaban J connectivity index is 1.18. The van der Waals surface area contributed by atoms with Crippen molar-refractivity contribution in [1.29, 1.82) is 0 Å². The summed E-state index contributed by atoms with van der Waals surface area (Å²) >= 11 is 0. The molecule has 0 N–H and O–H groups in total. The second-order valence-corrected chi connectivity index (χ2v) is 12.6. The number of ether oxygens (including phenoxy) is 2. The van der Waals surface area contributed by atoms with E-state index < -0.39 is 0 Å².